The smallest absolute Gasteiger partial charge is 0.0538 e. The van der Waals surface area contributed by atoms with E-state index in [1.807, 2.05) is 6.20 Å². The summed E-state index contributed by atoms with van der Waals surface area (Å²) in [5.74, 6) is 0. The van der Waals surface area contributed by atoms with Crippen molar-refractivity contribution >= 4 is 6.20 Å². The maximum absolute atomic E-state index is 8.54. The Kier molecular flexibility index (Phi) is 4.21. The predicted molar refractivity (Wildman–Crippen MR) is 52.0 cm³/mol. The van der Waals surface area contributed by atoms with Crippen LogP contribution in [0.15, 0.2) is 19.0 Å². The van der Waals surface area contributed by atoms with Gasteiger partial charge in [0.05, 0.1) is 6.20 Å². The van der Waals surface area contributed by atoms with E-state index in [0.29, 0.717) is 0 Å². The fraction of sp³-hybridized carbons (Fsp3) is 0.444. The molecule has 0 atom stereocenters. The fourth-order valence-electron chi connectivity index (χ4n) is 1.01. The molecule has 0 aliphatic heterocycles. The van der Waals surface area contributed by atoms with Gasteiger partial charge >= 0.3 is 0 Å². The van der Waals surface area contributed by atoms with Crippen LogP contribution >= 0.6 is 0 Å². The first kappa shape index (κ1) is 9.95. The first-order chi connectivity index (χ1) is 6.36. The predicted octanol–water partition coefficient (Wildman–Crippen LogP) is 0.456. The van der Waals surface area contributed by atoms with Crippen LogP contribution in [-0.2, 0) is 6.54 Å². The quantitative estimate of drug-likeness (QED) is 0.627. The lowest BCUT2D eigenvalue weighted by molar-refractivity contribution is 0.286. The molecule has 0 saturated heterocycles. The summed E-state index contributed by atoms with van der Waals surface area (Å²) in [4.78, 5) is 0. The highest BCUT2D eigenvalue weighted by atomic mass is 16.3. The molecule has 0 aliphatic rings. The molecule has 4 heteroatoms. The second-order valence-electron chi connectivity index (χ2n) is 2.77. The summed E-state index contributed by atoms with van der Waals surface area (Å²) in [7, 11) is 0. The lowest BCUT2D eigenvalue weighted by Crippen LogP contribution is -2.15. The Balaban J connectivity index is 2.24. The number of nitrogens with zero attached hydrogens (tertiary/aromatic N) is 2. The van der Waals surface area contributed by atoms with Gasteiger partial charge in [0.25, 0.3) is 0 Å². The van der Waals surface area contributed by atoms with Gasteiger partial charge in [-0.2, -0.15) is 5.10 Å². The highest BCUT2D eigenvalue weighted by Gasteiger charge is 1.94. The molecule has 0 unspecified atom stereocenters. The molecule has 1 aromatic rings. The molecule has 1 rings (SSSR count). The molecule has 1 heterocycles. The van der Waals surface area contributed by atoms with Gasteiger partial charge in [-0.1, -0.05) is 6.58 Å². The third-order valence-electron chi connectivity index (χ3n) is 1.68. The van der Waals surface area contributed by atoms with Gasteiger partial charge in [-0.3, -0.25) is 0 Å². The minimum absolute atomic E-state index is 0.235. The highest BCUT2D eigenvalue weighted by Crippen LogP contribution is 1.96. The summed E-state index contributed by atoms with van der Waals surface area (Å²) in [5.41, 5.74) is 1.12. The molecular formula is C9H15N3O. The molecule has 0 saturated carbocycles. The van der Waals surface area contributed by atoms with Crippen LogP contribution in [0.25, 0.3) is 6.20 Å². The number of rotatable bonds is 6. The Bertz CT molecular complexity index is 257. The van der Waals surface area contributed by atoms with Crippen molar-refractivity contribution in [1.82, 2.24) is 15.1 Å². The summed E-state index contributed by atoms with van der Waals surface area (Å²) < 4.78 is 1.67. The van der Waals surface area contributed by atoms with Gasteiger partial charge in [-0.15, -0.1) is 0 Å². The van der Waals surface area contributed by atoms with E-state index in [0.717, 1.165) is 25.1 Å². The second-order valence-corrected chi connectivity index (χ2v) is 2.77. The third-order valence-corrected chi connectivity index (χ3v) is 1.68. The Morgan fingerprint density at radius 3 is 3.15 bits per heavy atom. The molecule has 2 N–H and O–H groups in total. The molecular weight excluding hydrogens is 166 g/mol. The summed E-state index contributed by atoms with van der Waals surface area (Å²) in [6.45, 7) is 5.45. The van der Waals surface area contributed by atoms with Crippen molar-refractivity contribution in [2.24, 2.45) is 0 Å². The zero-order chi connectivity index (χ0) is 9.52. The minimum atomic E-state index is 0.235. The number of aromatic nitrogens is 2. The van der Waals surface area contributed by atoms with Crippen LogP contribution < -0.4 is 5.32 Å². The maximum Gasteiger partial charge on any atom is 0.0538 e. The highest BCUT2D eigenvalue weighted by molar-refractivity contribution is 5.17. The van der Waals surface area contributed by atoms with E-state index < -0.39 is 0 Å². The number of hydrogen-bond donors (Lipinski definition) is 2. The van der Waals surface area contributed by atoms with Gasteiger partial charge in [0, 0.05) is 31.1 Å². The van der Waals surface area contributed by atoms with Crippen LogP contribution in [0.2, 0.25) is 0 Å². The molecule has 0 spiro atoms. The van der Waals surface area contributed by atoms with Gasteiger partial charge in [0.1, 0.15) is 0 Å². The molecule has 4 nitrogen and oxygen atoms in total. The topological polar surface area (TPSA) is 50.1 Å². The molecule has 0 bridgehead atoms. The normalized spacial score (nSPS) is 10.2. The Morgan fingerprint density at radius 2 is 2.54 bits per heavy atom. The van der Waals surface area contributed by atoms with Gasteiger partial charge in [0.2, 0.25) is 0 Å². The van der Waals surface area contributed by atoms with E-state index in [2.05, 4.69) is 17.0 Å². The van der Waals surface area contributed by atoms with E-state index >= 15 is 0 Å². The van der Waals surface area contributed by atoms with E-state index in [9.17, 15) is 0 Å². The van der Waals surface area contributed by atoms with Crippen molar-refractivity contribution in [2.45, 2.75) is 13.0 Å². The van der Waals surface area contributed by atoms with Crippen LogP contribution in [0.5, 0.6) is 0 Å². The molecule has 0 radical (unpaired) electrons. The first-order valence-electron chi connectivity index (χ1n) is 4.34. The number of aliphatic hydroxyl groups is 1. The van der Waals surface area contributed by atoms with Gasteiger partial charge in [-0.05, 0) is 13.0 Å². The number of aliphatic hydroxyl groups excluding tert-OH is 1. The Labute approximate surface area is 77.9 Å². The SMILES string of the molecule is C=Cn1cc(CNCCCO)cn1. The van der Waals surface area contributed by atoms with E-state index in [4.69, 9.17) is 5.11 Å². The van der Waals surface area contributed by atoms with Gasteiger partial charge in [0.15, 0.2) is 0 Å². The summed E-state index contributed by atoms with van der Waals surface area (Å²) in [6, 6.07) is 0. The van der Waals surface area contributed by atoms with Gasteiger partial charge in [-0.25, -0.2) is 4.68 Å². The zero-order valence-electron chi connectivity index (χ0n) is 7.61. The average Bonchev–Trinajstić information content (AvgIpc) is 2.60. The van der Waals surface area contributed by atoms with E-state index in [1.54, 1.807) is 17.1 Å². The Morgan fingerprint density at radius 1 is 1.69 bits per heavy atom. The lowest BCUT2D eigenvalue weighted by Gasteiger charge is -1.99. The van der Waals surface area contributed by atoms with Crippen LogP contribution in [0.4, 0.5) is 0 Å². The van der Waals surface area contributed by atoms with Crippen LogP contribution in [-0.4, -0.2) is 28.0 Å². The molecule has 13 heavy (non-hydrogen) atoms. The van der Waals surface area contributed by atoms with E-state index in [-0.39, 0.29) is 6.61 Å². The summed E-state index contributed by atoms with van der Waals surface area (Å²) in [5, 5.41) is 15.8. The first-order valence-corrected chi connectivity index (χ1v) is 4.34. The maximum atomic E-state index is 8.54. The minimum Gasteiger partial charge on any atom is -0.396 e. The molecule has 0 amide bonds. The molecule has 0 aliphatic carbocycles. The fourth-order valence-corrected chi connectivity index (χ4v) is 1.01. The molecule has 1 aromatic heterocycles. The largest absolute Gasteiger partial charge is 0.396 e. The third kappa shape index (κ3) is 3.40. The monoisotopic (exact) mass is 181 g/mol. The van der Waals surface area contributed by atoms with Crippen LogP contribution in [0, 0.1) is 0 Å². The zero-order valence-corrected chi connectivity index (χ0v) is 7.61. The standard InChI is InChI=1S/C9H15N3O/c1-2-12-8-9(7-11-12)6-10-4-3-5-13/h2,7-8,10,13H,1,3-6H2. The lowest BCUT2D eigenvalue weighted by atomic mass is 10.3. The molecule has 0 aromatic carbocycles. The summed E-state index contributed by atoms with van der Waals surface area (Å²) >= 11 is 0. The van der Waals surface area contributed by atoms with Crippen molar-refractivity contribution in [3.63, 3.8) is 0 Å². The Hall–Kier alpha value is -1.13. The van der Waals surface area contributed by atoms with Crippen molar-refractivity contribution in [1.29, 1.82) is 0 Å². The van der Waals surface area contributed by atoms with Crippen LogP contribution in [0.1, 0.15) is 12.0 Å². The second kappa shape index (κ2) is 5.50. The van der Waals surface area contributed by atoms with Crippen LogP contribution in [0.3, 0.4) is 0 Å². The van der Waals surface area contributed by atoms with Crippen molar-refractivity contribution in [2.75, 3.05) is 13.2 Å². The number of nitrogens with one attached hydrogen (secondary N) is 1. The van der Waals surface area contributed by atoms with Crippen molar-refractivity contribution in [3.8, 4) is 0 Å². The van der Waals surface area contributed by atoms with E-state index in [1.165, 1.54) is 0 Å². The average molecular weight is 181 g/mol. The molecule has 72 valence electrons. The summed E-state index contributed by atoms with van der Waals surface area (Å²) in [6.07, 6.45) is 6.15. The molecule has 0 fully saturated rings. The van der Waals surface area contributed by atoms with Crippen molar-refractivity contribution in [3.05, 3.63) is 24.5 Å². The number of hydrogen-bond acceptors (Lipinski definition) is 3. The van der Waals surface area contributed by atoms with Crippen molar-refractivity contribution < 1.29 is 5.11 Å². The van der Waals surface area contributed by atoms with Gasteiger partial charge < -0.3 is 10.4 Å².